The van der Waals surface area contributed by atoms with Crippen LogP contribution in [0.4, 0.5) is 5.69 Å². The normalized spacial score (nSPS) is 14.6. The van der Waals surface area contributed by atoms with Crippen LogP contribution in [0.5, 0.6) is 0 Å². The van der Waals surface area contributed by atoms with Crippen molar-refractivity contribution in [2.24, 2.45) is 0 Å². The Kier molecular flexibility index (Phi) is 8.10. The van der Waals surface area contributed by atoms with Crippen molar-refractivity contribution in [3.63, 3.8) is 0 Å². The van der Waals surface area contributed by atoms with Gasteiger partial charge in [-0.1, -0.05) is 47.5 Å². The number of hydrogen-bond acceptors (Lipinski definition) is 3. The van der Waals surface area contributed by atoms with Crippen LogP contribution in [-0.2, 0) is 11.3 Å². The lowest BCUT2D eigenvalue weighted by atomic mass is 10.2. The maximum atomic E-state index is 6.39. The van der Waals surface area contributed by atoms with E-state index in [0.717, 1.165) is 67.2 Å². The van der Waals surface area contributed by atoms with Crippen LogP contribution in [0.25, 0.3) is 0 Å². The van der Waals surface area contributed by atoms with Gasteiger partial charge in [0.2, 0.25) is 0 Å². The molecule has 1 saturated heterocycles. The number of aryl methyl sites for hydroxylation is 1. The van der Waals surface area contributed by atoms with Gasteiger partial charge in [-0.05, 0) is 49.3 Å². The van der Waals surface area contributed by atoms with Crippen molar-refractivity contribution in [1.29, 1.82) is 0 Å². The second kappa shape index (κ2) is 10.8. The van der Waals surface area contributed by atoms with Gasteiger partial charge >= 0.3 is 0 Å². The number of thiocarbonyl (C=S) groups is 1. The fourth-order valence-corrected chi connectivity index (χ4v) is 3.70. The van der Waals surface area contributed by atoms with Crippen molar-refractivity contribution >= 4 is 34.6 Å². The molecule has 1 heterocycles. The Morgan fingerprint density at radius 3 is 2.57 bits per heavy atom. The zero-order valence-corrected chi connectivity index (χ0v) is 17.9. The first kappa shape index (κ1) is 21.1. The third kappa shape index (κ3) is 6.45. The Bertz CT molecular complexity index is 763. The second-order valence-electron chi connectivity index (χ2n) is 7.12. The first-order valence-electron chi connectivity index (χ1n) is 9.78. The van der Waals surface area contributed by atoms with Crippen LogP contribution in [0.1, 0.15) is 17.5 Å². The van der Waals surface area contributed by atoms with Gasteiger partial charge in [0.1, 0.15) is 0 Å². The lowest BCUT2D eigenvalue weighted by Gasteiger charge is -2.30. The van der Waals surface area contributed by atoms with Crippen LogP contribution < -0.4 is 5.32 Å². The van der Waals surface area contributed by atoms with Crippen molar-refractivity contribution in [1.82, 2.24) is 9.80 Å². The largest absolute Gasteiger partial charge is 0.379 e. The smallest absolute Gasteiger partial charge is 0.173 e. The molecule has 150 valence electrons. The number of nitrogens with one attached hydrogen (secondary N) is 1. The van der Waals surface area contributed by atoms with Gasteiger partial charge in [0.15, 0.2) is 5.11 Å². The summed E-state index contributed by atoms with van der Waals surface area (Å²) in [7, 11) is 0. The average Bonchev–Trinajstić information content (AvgIpc) is 2.71. The van der Waals surface area contributed by atoms with E-state index >= 15 is 0 Å². The minimum atomic E-state index is 0.695. The zero-order valence-electron chi connectivity index (χ0n) is 16.4. The minimum absolute atomic E-state index is 0.695. The van der Waals surface area contributed by atoms with Crippen LogP contribution in [0.3, 0.4) is 0 Å². The molecule has 1 aliphatic heterocycles. The molecular weight excluding hydrogens is 390 g/mol. The van der Waals surface area contributed by atoms with E-state index in [-0.39, 0.29) is 0 Å². The van der Waals surface area contributed by atoms with E-state index in [4.69, 9.17) is 28.6 Å². The molecule has 0 atom stereocenters. The van der Waals surface area contributed by atoms with Crippen molar-refractivity contribution < 1.29 is 4.74 Å². The molecule has 1 N–H and O–H groups in total. The predicted octanol–water partition coefficient (Wildman–Crippen LogP) is 4.57. The van der Waals surface area contributed by atoms with Crippen molar-refractivity contribution in [3.8, 4) is 0 Å². The Labute approximate surface area is 178 Å². The summed E-state index contributed by atoms with van der Waals surface area (Å²) < 4.78 is 5.43. The molecule has 0 unspecified atom stereocenters. The fourth-order valence-electron chi connectivity index (χ4n) is 3.23. The number of morpholine rings is 1. The molecule has 0 spiro atoms. The maximum Gasteiger partial charge on any atom is 0.173 e. The van der Waals surface area contributed by atoms with E-state index in [2.05, 4.69) is 52.4 Å². The highest BCUT2D eigenvalue weighted by Gasteiger charge is 2.15. The summed E-state index contributed by atoms with van der Waals surface area (Å²) in [5.41, 5.74) is 3.33. The fraction of sp³-hybridized carbons (Fsp3) is 0.409. The number of ether oxygens (including phenoxy) is 1. The lowest BCUT2D eigenvalue weighted by molar-refractivity contribution is 0.0368. The molecule has 28 heavy (non-hydrogen) atoms. The van der Waals surface area contributed by atoms with E-state index in [1.165, 1.54) is 5.56 Å². The minimum Gasteiger partial charge on any atom is -0.379 e. The number of nitrogens with zero attached hydrogens (tertiary/aromatic N) is 2. The zero-order chi connectivity index (χ0) is 19.8. The summed E-state index contributed by atoms with van der Waals surface area (Å²) in [6.07, 6.45) is 1.04. The van der Waals surface area contributed by atoms with E-state index in [1.54, 1.807) is 0 Å². The number of halogens is 1. The van der Waals surface area contributed by atoms with Gasteiger partial charge in [-0.25, -0.2) is 0 Å². The van der Waals surface area contributed by atoms with Gasteiger partial charge in [0.25, 0.3) is 0 Å². The quantitative estimate of drug-likeness (QED) is 0.666. The first-order valence-corrected chi connectivity index (χ1v) is 10.6. The first-order chi connectivity index (χ1) is 13.6. The van der Waals surface area contributed by atoms with Crippen molar-refractivity contribution in [2.75, 3.05) is 44.7 Å². The van der Waals surface area contributed by atoms with Crippen molar-refractivity contribution in [2.45, 2.75) is 19.9 Å². The van der Waals surface area contributed by atoms with Crippen molar-refractivity contribution in [3.05, 3.63) is 64.7 Å². The molecule has 0 radical (unpaired) electrons. The summed E-state index contributed by atoms with van der Waals surface area (Å²) in [6.45, 7) is 8.38. The Morgan fingerprint density at radius 2 is 1.86 bits per heavy atom. The van der Waals surface area contributed by atoms with Gasteiger partial charge in [-0.15, -0.1) is 0 Å². The van der Waals surface area contributed by atoms with Gasteiger partial charge < -0.3 is 15.0 Å². The molecule has 0 aromatic heterocycles. The van der Waals surface area contributed by atoms with Gasteiger partial charge in [0.05, 0.1) is 13.2 Å². The van der Waals surface area contributed by atoms with Gasteiger partial charge in [-0.3, -0.25) is 4.90 Å². The lowest BCUT2D eigenvalue weighted by Crippen LogP contribution is -2.40. The van der Waals surface area contributed by atoms with Crippen LogP contribution >= 0.6 is 23.8 Å². The summed E-state index contributed by atoms with van der Waals surface area (Å²) in [5.74, 6) is 0. The molecule has 1 fully saturated rings. The molecule has 0 saturated carbocycles. The number of anilines is 1. The van der Waals surface area contributed by atoms with Crippen LogP contribution in [-0.4, -0.2) is 54.3 Å². The van der Waals surface area contributed by atoms with Crippen LogP contribution in [0.15, 0.2) is 48.5 Å². The Morgan fingerprint density at radius 1 is 1.14 bits per heavy atom. The highest BCUT2D eigenvalue weighted by atomic mass is 35.5. The van der Waals surface area contributed by atoms with E-state index < -0.39 is 0 Å². The molecular formula is C22H28ClN3OS. The third-order valence-electron chi connectivity index (χ3n) is 4.92. The topological polar surface area (TPSA) is 27.7 Å². The SMILES string of the molecule is Cc1ccc(NC(=S)N(CCCN2CCOCC2)Cc2ccccc2Cl)cc1. The molecule has 1 aliphatic rings. The van der Waals surface area contributed by atoms with Gasteiger partial charge in [-0.2, -0.15) is 0 Å². The highest BCUT2D eigenvalue weighted by Crippen LogP contribution is 2.18. The molecule has 4 nitrogen and oxygen atoms in total. The Hall–Kier alpha value is -1.66. The average molecular weight is 418 g/mol. The molecule has 2 aromatic carbocycles. The summed E-state index contributed by atoms with van der Waals surface area (Å²) in [5, 5.41) is 4.88. The molecule has 0 aliphatic carbocycles. The molecule has 0 amide bonds. The number of rotatable bonds is 7. The molecule has 3 rings (SSSR count). The highest BCUT2D eigenvalue weighted by molar-refractivity contribution is 7.80. The Balaban J connectivity index is 1.63. The molecule has 0 bridgehead atoms. The van der Waals surface area contributed by atoms with E-state index in [0.29, 0.717) is 6.54 Å². The maximum absolute atomic E-state index is 6.39. The van der Waals surface area contributed by atoms with Gasteiger partial charge in [0, 0.05) is 43.4 Å². The third-order valence-corrected chi connectivity index (χ3v) is 5.64. The molecule has 2 aromatic rings. The number of hydrogen-bond donors (Lipinski definition) is 1. The molecule has 6 heteroatoms. The number of benzene rings is 2. The summed E-state index contributed by atoms with van der Waals surface area (Å²) in [6, 6.07) is 16.3. The summed E-state index contributed by atoms with van der Waals surface area (Å²) >= 11 is 12.1. The van der Waals surface area contributed by atoms with Crippen LogP contribution in [0, 0.1) is 6.92 Å². The van der Waals surface area contributed by atoms with Crippen LogP contribution in [0.2, 0.25) is 5.02 Å². The summed E-state index contributed by atoms with van der Waals surface area (Å²) in [4.78, 5) is 4.66. The van der Waals surface area contributed by atoms with E-state index in [9.17, 15) is 0 Å². The second-order valence-corrected chi connectivity index (χ2v) is 7.91. The standard InChI is InChI=1S/C22H28ClN3OS/c1-18-7-9-20(10-8-18)24-22(28)26(17-19-5-2-3-6-21(19)23)12-4-11-25-13-15-27-16-14-25/h2-3,5-10H,4,11-17H2,1H3,(H,24,28). The predicted molar refractivity (Wildman–Crippen MR) is 121 cm³/mol. The van der Waals surface area contributed by atoms with E-state index in [1.807, 2.05) is 18.2 Å². The monoisotopic (exact) mass is 417 g/mol.